The fraction of sp³-hybridized carbons (Fsp3) is 0.769. The maximum Gasteiger partial charge on any atom is 0.150 e. The van der Waals surface area contributed by atoms with Crippen LogP contribution < -0.4 is 5.32 Å². The molecule has 0 radical (unpaired) electrons. The lowest BCUT2D eigenvalue weighted by Gasteiger charge is -2.16. The molecule has 1 heterocycles. The van der Waals surface area contributed by atoms with Gasteiger partial charge in [0, 0.05) is 16.7 Å². The van der Waals surface area contributed by atoms with E-state index in [0.29, 0.717) is 6.42 Å². The number of nitrogens with zero attached hydrogens (tertiary/aromatic N) is 1. The van der Waals surface area contributed by atoms with Crippen LogP contribution in [-0.2, 0) is 9.84 Å². The summed E-state index contributed by atoms with van der Waals surface area (Å²) in [6.07, 6.45) is 1.54. The Hall–Kier alpha value is -0.460. The van der Waals surface area contributed by atoms with Crippen LogP contribution in [0.25, 0.3) is 0 Å². The summed E-state index contributed by atoms with van der Waals surface area (Å²) in [6, 6.07) is 0.225. The molecular weight excluding hydrogens is 280 g/mol. The van der Waals surface area contributed by atoms with Crippen molar-refractivity contribution in [2.24, 2.45) is 0 Å². The summed E-state index contributed by atoms with van der Waals surface area (Å²) in [6.45, 7) is 8.67. The monoisotopic (exact) mass is 304 g/mol. The van der Waals surface area contributed by atoms with Crippen LogP contribution in [-0.4, -0.2) is 31.5 Å². The van der Waals surface area contributed by atoms with Gasteiger partial charge in [0.15, 0.2) is 0 Å². The Labute approximate surface area is 120 Å². The van der Waals surface area contributed by atoms with E-state index < -0.39 is 9.84 Å². The lowest BCUT2D eigenvalue weighted by Crippen LogP contribution is -2.22. The number of aryl methyl sites for hydroxylation is 2. The van der Waals surface area contributed by atoms with Gasteiger partial charge in [-0.2, -0.15) is 0 Å². The molecule has 1 N–H and O–H groups in total. The lowest BCUT2D eigenvalue weighted by molar-refractivity contribution is 0.511. The summed E-state index contributed by atoms with van der Waals surface area (Å²) < 4.78 is 23.0. The fourth-order valence-corrected chi connectivity index (χ4v) is 4.03. The summed E-state index contributed by atoms with van der Waals surface area (Å²) in [5.41, 5.74) is 1.06. The molecule has 19 heavy (non-hydrogen) atoms. The molecule has 0 saturated carbocycles. The molecule has 4 nitrogen and oxygen atoms in total. The van der Waals surface area contributed by atoms with Crippen molar-refractivity contribution in [1.29, 1.82) is 0 Å². The van der Waals surface area contributed by atoms with Gasteiger partial charge in [0.2, 0.25) is 0 Å². The van der Waals surface area contributed by atoms with Gasteiger partial charge in [0.25, 0.3) is 0 Å². The van der Waals surface area contributed by atoms with Crippen molar-refractivity contribution in [3.8, 4) is 0 Å². The highest BCUT2D eigenvalue weighted by Crippen LogP contribution is 2.28. The highest BCUT2D eigenvalue weighted by molar-refractivity contribution is 7.91. The molecule has 0 saturated heterocycles. The van der Waals surface area contributed by atoms with Gasteiger partial charge in [-0.15, -0.1) is 11.3 Å². The topological polar surface area (TPSA) is 59.1 Å². The fourth-order valence-electron chi connectivity index (χ4n) is 2.09. The Kier molecular flexibility index (Phi) is 6.42. The third-order valence-electron chi connectivity index (χ3n) is 3.09. The minimum Gasteiger partial charge on any atom is -0.309 e. The number of hydrogen-bond donors (Lipinski definition) is 1. The van der Waals surface area contributed by atoms with Crippen LogP contribution in [0.2, 0.25) is 0 Å². The molecule has 0 aliphatic carbocycles. The van der Waals surface area contributed by atoms with Crippen LogP contribution >= 0.6 is 11.3 Å². The van der Waals surface area contributed by atoms with E-state index in [1.54, 1.807) is 18.3 Å². The third-order valence-corrected chi connectivity index (χ3v) is 6.07. The van der Waals surface area contributed by atoms with Gasteiger partial charge >= 0.3 is 0 Å². The van der Waals surface area contributed by atoms with Crippen molar-refractivity contribution in [3.05, 3.63) is 15.6 Å². The first-order chi connectivity index (χ1) is 8.89. The minimum atomic E-state index is -2.86. The molecule has 1 aromatic rings. The molecule has 0 bridgehead atoms. The molecule has 1 unspecified atom stereocenters. The lowest BCUT2D eigenvalue weighted by atomic mass is 10.1. The molecule has 110 valence electrons. The average molecular weight is 304 g/mol. The van der Waals surface area contributed by atoms with Crippen molar-refractivity contribution in [3.63, 3.8) is 0 Å². The minimum absolute atomic E-state index is 0.225. The van der Waals surface area contributed by atoms with Crippen LogP contribution in [0, 0.1) is 13.8 Å². The summed E-state index contributed by atoms with van der Waals surface area (Å²) in [4.78, 5) is 5.69. The van der Waals surface area contributed by atoms with E-state index in [9.17, 15) is 8.42 Å². The van der Waals surface area contributed by atoms with Gasteiger partial charge in [-0.3, -0.25) is 0 Å². The predicted molar refractivity (Wildman–Crippen MR) is 81.6 cm³/mol. The van der Waals surface area contributed by atoms with Crippen LogP contribution in [0.1, 0.15) is 48.3 Å². The number of hydrogen-bond acceptors (Lipinski definition) is 5. The quantitative estimate of drug-likeness (QED) is 0.802. The van der Waals surface area contributed by atoms with Gasteiger partial charge < -0.3 is 5.32 Å². The molecule has 0 aliphatic rings. The first-order valence-electron chi connectivity index (χ1n) is 6.77. The number of thiazole rings is 1. The summed E-state index contributed by atoms with van der Waals surface area (Å²) >= 11 is 1.70. The van der Waals surface area contributed by atoms with E-state index in [1.807, 2.05) is 13.8 Å². The Morgan fingerprint density at radius 3 is 2.47 bits per heavy atom. The predicted octanol–water partition coefficient (Wildman–Crippen LogP) is 2.63. The van der Waals surface area contributed by atoms with Gasteiger partial charge in [0.05, 0.1) is 16.5 Å². The normalized spacial score (nSPS) is 13.7. The SMILES string of the molecule is CCNC(CCCS(=O)(=O)CC)c1sc(C)nc1C. The standard InChI is InChI=1S/C13H24N2O2S2/c1-5-14-12(8-7-9-19(16,17)6-2)13-10(3)15-11(4)18-13/h12,14H,5-9H2,1-4H3. The van der Waals surface area contributed by atoms with Crippen LogP contribution in [0.5, 0.6) is 0 Å². The van der Waals surface area contributed by atoms with E-state index in [2.05, 4.69) is 17.2 Å². The smallest absolute Gasteiger partial charge is 0.150 e. The van der Waals surface area contributed by atoms with Crippen molar-refractivity contribution >= 4 is 21.2 Å². The maximum atomic E-state index is 11.5. The van der Waals surface area contributed by atoms with Crippen molar-refractivity contribution in [2.45, 2.75) is 46.6 Å². The first kappa shape index (κ1) is 16.6. The van der Waals surface area contributed by atoms with E-state index in [-0.39, 0.29) is 17.5 Å². The van der Waals surface area contributed by atoms with Gasteiger partial charge in [0.1, 0.15) is 9.84 Å². The maximum absolute atomic E-state index is 11.5. The highest BCUT2D eigenvalue weighted by atomic mass is 32.2. The Bertz CT molecular complexity index is 495. The third kappa shape index (κ3) is 5.20. The second kappa shape index (κ2) is 7.36. The van der Waals surface area contributed by atoms with Crippen molar-refractivity contribution in [1.82, 2.24) is 10.3 Å². The molecule has 0 amide bonds. The molecule has 0 spiro atoms. The van der Waals surface area contributed by atoms with Gasteiger partial charge in [-0.05, 0) is 33.2 Å². The van der Waals surface area contributed by atoms with Crippen LogP contribution in [0.15, 0.2) is 0 Å². The van der Waals surface area contributed by atoms with E-state index in [0.717, 1.165) is 23.7 Å². The molecule has 0 aliphatic heterocycles. The van der Waals surface area contributed by atoms with Crippen LogP contribution in [0.3, 0.4) is 0 Å². The van der Waals surface area contributed by atoms with Crippen molar-refractivity contribution in [2.75, 3.05) is 18.1 Å². The largest absolute Gasteiger partial charge is 0.309 e. The molecule has 0 aromatic carbocycles. The zero-order valence-electron chi connectivity index (χ0n) is 12.2. The first-order valence-corrected chi connectivity index (χ1v) is 9.41. The number of sulfone groups is 1. The van der Waals surface area contributed by atoms with E-state index >= 15 is 0 Å². The second-order valence-corrected chi connectivity index (χ2v) is 8.38. The molecule has 1 atom stereocenters. The van der Waals surface area contributed by atoms with E-state index in [4.69, 9.17) is 0 Å². The Morgan fingerprint density at radius 1 is 1.32 bits per heavy atom. The summed E-state index contributed by atoms with van der Waals surface area (Å²) in [5, 5.41) is 4.50. The number of rotatable bonds is 8. The zero-order valence-corrected chi connectivity index (χ0v) is 13.8. The Morgan fingerprint density at radius 2 is 2.00 bits per heavy atom. The molecule has 6 heteroatoms. The molecule has 1 aromatic heterocycles. The number of nitrogens with one attached hydrogen (secondary N) is 1. The summed E-state index contributed by atoms with van der Waals surface area (Å²) in [5.74, 6) is 0.514. The molecular formula is C13H24N2O2S2. The number of aromatic nitrogens is 1. The zero-order chi connectivity index (χ0) is 14.5. The Balaban J connectivity index is 2.66. The summed E-state index contributed by atoms with van der Waals surface area (Å²) in [7, 11) is -2.86. The van der Waals surface area contributed by atoms with Crippen LogP contribution in [0.4, 0.5) is 0 Å². The molecule has 0 fully saturated rings. The van der Waals surface area contributed by atoms with Gasteiger partial charge in [-0.1, -0.05) is 13.8 Å². The second-order valence-electron chi connectivity index (χ2n) is 4.67. The van der Waals surface area contributed by atoms with Gasteiger partial charge in [-0.25, -0.2) is 13.4 Å². The highest BCUT2D eigenvalue weighted by Gasteiger charge is 2.17. The molecule has 1 rings (SSSR count). The average Bonchev–Trinajstić information content (AvgIpc) is 2.67. The van der Waals surface area contributed by atoms with Crippen molar-refractivity contribution < 1.29 is 8.42 Å². The van der Waals surface area contributed by atoms with E-state index in [1.165, 1.54) is 4.88 Å².